The Hall–Kier alpha value is -2.97. The van der Waals surface area contributed by atoms with Gasteiger partial charge in [-0.2, -0.15) is 0 Å². The number of esters is 1. The van der Waals surface area contributed by atoms with E-state index < -0.39 is 12.0 Å². The van der Waals surface area contributed by atoms with E-state index in [9.17, 15) is 14.7 Å². The molecule has 1 aromatic carbocycles. The molecule has 0 spiro atoms. The Morgan fingerprint density at radius 3 is 2.86 bits per heavy atom. The van der Waals surface area contributed by atoms with E-state index in [2.05, 4.69) is 4.99 Å². The average molecular weight is 427 g/mol. The van der Waals surface area contributed by atoms with Gasteiger partial charge in [-0.1, -0.05) is 29.5 Å². The van der Waals surface area contributed by atoms with Crippen molar-refractivity contribution in [2.75, 3.05) is 6.61 Å². The van der Waals surface area contributed by atoms with Crippen molar-refractivity contribution in [3.05, 3.63) is 83.2 Å². The number of aromatic nitrogens is 1. The quantitative estimate of drug-likeness (QED) is 0.650. The summed E-state index contributed by atoms with van der Waals surface area (Å²) in [4.78, 5) is 31.9. The van der Waals surface area contributed by atoms with Crippen molar-refractivity contribution in [2.45, 2.75) is 19.9 Å². The molecule has 0 saturated heterocycles. The Kier molecular flexibility index (Phi) is 5.21. The van der Waals surface area contributed by atoms with E-state index in [1.807, 2.05) is 23.6 Å². The van der Waals surface area contributed by atoms with Gasteiger partial charge in [-0.25, -0.2) is 9.79 Å². The highest BCUT2D eigenvalue weighted by Crippen LogP contribution is 2.33. The molecule has 3 heterocycles. The summed E-state index contributed by atoms with van der Waals surface area (Å²) in [5, 5.41) is 11.6. The monoisotopic (exact) mass is 426 g/mol. The number of aromatic hydroxyl groups is 1. The molecule has 1 aliphatic rings. The van der Waals surface area contributed by atoms with Crippen molar-refractivity contribution in [3.8, 4) is 5.75 Å². The summed E-state index contributed by atoms with van der Waals surface area (Å²) < 4.78 is 7.29. The van der Waals surface area contributed by atoms with E-state index in [0.717, 1.165) is 4.88 Å². The summed E-state index contributed by atoms with van der Waals surface area (Å²) >= 11 is 2.74. The third-order valence-electron chi connectivity index (χ3n) is 4.50. The third-order valence-corrected chi connectivity index (χ3v) is 6.41. The van der Waals surface area contributed by atoms with E-state index in [1.54, 1.807) is 42.7 Å². The molecule has 1 aliphatic heterocycles. The van der Waals surface area contributed by atoms with Crippen molar-refractivity contribution >= 4 is 34.7 Å². The summed E-state index contributed by atoms with van der Waals surface area (Å²) in [7, 11) is 0. The smallest absolute Gasteiger partial charge is 0.338 e. The Labute approximate surface area is 174 Å². The van der Waals surface area contributed by atoms with Crippen molar-refractivity contribution in [3.63, 3.8) is 0 Å². The lowest BCUT2D eigenvalue weighted by Gasteiger charge is -2.23. The second-order valence-corrected chi connectivity index (χ2v) is 8.40. The number of benzene rings is 1. The highest BCUT2D eigenvalue weighted by atomic mass is 32.1. The highest BCUT2D eigenvalue weighted by Gasteiger charge is 2.33. The average Bonchev–Trinajstić information content (AvgIpc) is 3.30. The number of carbonyl (C=O) groups excluding carboxylic acids is 1. The maximum atomic E-state index is 13.3. The SMILES string of the molecule is CCOC(=O)C1=C(C)N=c2s/c(=C\c3cccc(O)c3)c(=O)n2[C@@H]1c1cccs1. The lowest BCUT2D eigenvalue weighted by Crippen LogP contribution is -2.39. The van der Waals surface area contributed by atoms with Crippen LogP contribution in [0, 0.1) is 0 Å². The first-order valence-electron chi connectivity index (χ1n) is 9.01. The molecule has 148 valence electrons. The van der Waals surface area contributed by atoms with E-state index in [0.29, 0.717) is 26.2 Å². The van der Waals surface area contributed by atoms with Gasteiger partial charge in [0.15, 0.2) is 4.80 Å². The number of phenols is 1. The molecule has 6 nitrogen and oxygen atoms in total. The van der Waals surface area contributed by atoms with Gasteiger partial charge in [0.25, 0.3) is 5.56 Å². The molecule has 1 atom stereocenters. The number of phenolic OH excluding ortho intramolecular Hbond substituents is 1. The molecular formula is C21H18N2O4S2. The molecule has 8 heteroatoms. The van der Waals surface area contributed by atoms with Crippen molar-refractivity contribution in [2.24, 2.45) is 4.99 Å². The van der Waals surface area contributed by atoms with Crippen molar-refractivity contribution < 1.29 is 14.6 Å². The molecular weight excluding hydrogens is 408 g/mol. The van der Waals surface area contributed by atoms with E-state index in [-0.39, 0.29) is 17.9 Å². The Morgan fingerprint density at radius 1 is 1.34 bits per heavy atom. The van der Waals surface area contributed by atoms with Crippen molar-refractivity contribution in [1.29, 1.82) is 0 Å². The summed E-state index contributed by atoms with van der Waals surface area (Å²) in [6.07, 6.45) is 1.72. The number of fused-ring (bicyclic) bond motifs is 1. The van der Waals surface area contributed by atoms with Gasteiger partial charge in [0, 0.05) is 4.88 Å². The van der Waals surface area contributed by atoms with Crippen LogP contribution in [0.25, 0.3) is 6.08 Å². The lowest BCUT2D eigenvalue weighted by molar-refractivity contribution is -0.139. The zero-order valence-electron chi connectivity index (χ0n) is 15.8. The minimum Gasteiger partial charge on any atom is -0.508 e. The van der Waals surface area contributed by atoms with Gasteiger partial charge in [-0.15, -0.1) is 11.3 Å². The minimum absolute atomic E-state index is 0.128. The van der Waals surface area contributed by atoms with Crippen LogP contribution >= 0.6 is 22.7 Å². The molecule has 2 aromatic heterocycles. The number of carbonyl (C=O) groups is 1. The first-order chi connectivity index (χ1) is 14.0. The summed E-state index contributed by atoms with van der Waals surface area (Å²) in [6, 6.07) is 9.91. The lowest BCUT2D eigenvalue weighted by atomic mass is 10.0. The van der Waals surface area contributed by atoms with Crippen LogP contribution in [-0.2, 0) is 9.53 Å². The fourth-order valence-corrected chi connectivity index (χ4v) is 5.14. The largest absolute Gasteiger partial charge is 0.508 e. The number of allylic oxidation sites excluding steroid dienone is 1. The molecule has 0 fully saturated rings. The first kappa shape index (κ1) is 19.4. The maximum absolute atomic E-state index is 13.3. The van der Waals surface area contributed by atoms with Gasteiger partial charge in [0.2, 0.25) is 0 Å². The van der Waals surface area contributed by atoms with Crippen LogP contribution in [0.2, 0.25) is 0 Å². The summed E-state index contributed by atoms with van der Waals surface area (Å²) in [5.41, 5.74) is 1.41. The second kappa shape index (κ2) is 7.81. The van der Waals surface area contributed by atoms with Gasteiger partial charge >= 0.3 is 5.97 Å². The fourth-order valence-electron chi connectivity index (χ4n) is 3.27. The van der Waals surface area contributed by atoms with Gasteiger partial charge in [-0.3, -0.25) is 9.36 Å². The molecule has 0 saturated carbocycles. The van der Waals surface area contributed by atoms with Crippen LogP contribution < -0.4 is 14.9 Å². The van der Waals surface area contributed by atoms with E-state index >= 15 is 0 Å². The third kappa shape index (κ3) is 3.56. The van der Waals surface area contributed by atoms with Crippen LogP contribution in [0.3, 0.4) is 0 Å². The first-order valence-corrected chi connectivity index (χ1v) is 10.7. The van der Waals surface area contributed by atoms with Gasteiger partial charge in [-0.05, 0) is 49.1 Å². The molecule has 4 rings (SSSR count). The minimum atomic E-state index is -0.573. The number of hydrogen-bond donors (Lipinski definition) is 1. The molecule has 1 N–H and O–H groups in total. The zero-order chi connectivity index (χ0) is 20.5. The zero-order valence-corrected chi connectivity index (χ0v) is 17.4. The molecule has 29 heavy (non-hydrogen) atoms. The summed E-state index contributed by atoms with van der Waals surface area (Å²) in [5.74, 6) is -0.335. The molecule has 0 unspecified atom stereocenters. The number of nitrogens with zero attached hydrogens (tertiary/aromatic N) is 2. The van der Waals surface area contributed by atoms with E-state index in [1.165, 1.54) is 22.7 Å². The second-order valence-electron chi connectivity index (χ2n) is 6.41. The van der Waals surface area contributed by atoms with Crippen LogP contribution in [-0.4, -0.2) is 22.2 Å². The van der Waals surface area contributed by atoms with Crippen LogP contribution in [0.1, 0.15) is 30.3 Å². The number of rotatable bonds is 4. The number of ether oxygens (including phenoxy) is 1. The molecule has 0 aliphatic carbocycles. The Bertz CT molecular complexity index is 1280. The van der Waals surface area contributed by atoms with Crippen molar-refractivity contribution in [1.82, 2.24) is 4.57 Å². The standard InChI is InChI=1S/C21H18N2O4S2/c1-3-27-20(26)17-12(2)22-21-23(18(17)15-8-5-9-28-15)19(25)16(29-21)11-13-6-4-7-14(24)10-13/h4-11,18,24H,3H2,1-2H3/b16-11-/t18-/m1/s1. The van der Waals surface area contributed by atoms with Crippen LogP contribution in [0.4, 0.5) is 0 Å². The molecule has 0 radical (unpaired) electrons. The number of thiazole rings is 1. The molecule has 3 aromatic rings. The predicted molar refractivity (Wildman–Crippen MR) is 113 cm³/mol. The van der Waals surface area contributed by atoms with Crippen LogP contribution in [0.5, 0.6) is 5.75 Å². The Balaban J connectivity index is 1.94. The topological polar surface area (TPSA) is 80.9 Å². The highest BCUT2D eigenvalue weighted by molar-refractivity contribution is 7.10. The normalized spacial score (nSPS) is 16.5. The Morgan fingerprint density at radius 2 is 2.17 bits per heavy atom. The van der Waals surface area contributed by atoms with Gasteiger partial charge < -0.3 is 9.84 Å². The predicted octanol–water partition coefficient (Wildman–Crippen LogP) is 2.57. The fraction of sp³-hybridized carbons (Fsp3) is 0.190. The number of thiophene rings is 1. The maximum Gasteiger partial charge on any atom is 0.338 e. The summed E-state index contributed by atoms with van der Waals surface area (Å²) in [6.45, 7) is 3.76. The molecule has 0 amide bonds. The van der Waals surface area contributed by atoms with Crippen LogP contribution in [0.15, 0.2) is 62.8 Å². The molecule has 0 bridgehead atoms. The van der Waals surface area contributed by atoms with E-state index in [4.69, 9.17) is 4.74 Å². The number of hydrogen-bond acceptors (Lipinski definition) is 7. The van der Waals surface area contributed by atoms with Gasteiger partial charge in [0.05, 0.1) is 22.4 Å². The van der Waals surface area contributed by atoms with Gasteiger partial charge in [0.1, 0.15) is 11.8 Å².